The molecule has 3 aromatic rings. The Balaban J connectivity index is 2.05. The average Bonchev–Trinajstić information content (AvgIpc) is 2.62. The second kappa shape index (κ2) is 6.91. The van der Waals surface area contributed by atoms with E-state index in [1.165, 1.54) is 11.8 Å². The molecule has 3 rings (SSSR count). The van der Waals surface area contributed by atoms with Crippen LogP contribution >= 0.6 is 23.4 Å². The molecule has 2 aromatic carbocycles. The van der Waals surface area contributed by atoms with E-state index in [9.17, 15) is 10.1 Å². The standard InChI is InChI=1S/C18H12ClN3OS/c1-24-18-21-16(15(10-20)17(23)22-18)13-4-2-11(3-5-13)12-6-8-14(19)9-7-12/h2-9H,1H3,(H,21,22,23). The Morgan fingerprint density at radius 3 is 2.12 bits per heavy atom. The molecule has 118 valence electrons. The highest BCUT2D eigenvalue weighted by molar-refractivity contribution is 7.98. The maximum atomic E-state index is 12.0. The van der Waals surface area contributed by atoms with Gasteiger partial charge in [-0.15, -0.1) is 0 Å². The number of hydrogen-bond acceptors (Lipinski definition) is 4. The highest BCUT2D eigenvalue weighted by Gasteiger charge is 2.13. The lowest BCUT2D eigenvalue weighted by Crippen LogP contribution is -2.14. The molecule has 0 fully saturated rings. The Bertz CT molecular complexity index is 973. The van der Waals surface area contributed by atoms with Gasteiger partial charge in [0.2, 0.25) is 0 Å². The largest absolute Gasteiger partial charge is 0.300 e. The van der Waals surface area contributed by atoms with Crippen molar-refractivity contribution in [1.82, 2.24) is 9.97 Å². The minimum atomic E-state index is -0.423. The number of H-pyrrole nitrogens is 1. The van der Waals surface area contributed by atoms with E-state index >= 15 is 0 Å². The number of thioether (sulfide) groups is 1. The summed E-state index contributed by atoms with van der Waals surface area (Å²) in [6, 6.07) is 17.1. The molecule has 0 aliphatic rings. The number of nitriles is 1. The topological polar surface area (TPSA) is 69.5 Å². The Kier molecular flexibility index (Phi) is 4.70. The van der Waals surface area contributed by atoms with Crippen LogP contribution in [-0.2, 0) is 0 Å². The van der Waals surface area contributed by atoms with E-state index in [1.807, 2.05) is 60.9 Å². The number of nitrogens with zero attached hydrogens (tertiary/aromatic N) is 2. The van der Waals surface area contributed by atoms with E-state index in [4.69, 9.17) is 11.6 Å². The Morgan fingerprint density at radius 1 is 1.04 bits per heavy atom. The summed E-state index contributed by atoms with van der Waals surface area (Å²) in [7, 11) is 0. The van der Waals surface area contributed by atoms with Crippen molar-refractivity contribution in [1.29, 1.82) is 5.26 Å². The molecule has 24 heavy (non-hydrogen) atoms. The van der Waals surface area contributed by atoms with Crippen LogP contribution in [0.4, 0.5) is 0 Å². The fourth-order valence-corrected chi connectivity index (χ4v) is 2.83. The molecular weight excluding hydrogens is 342 g/mol. The monoisotopic (exact) mass is 353 g/mol. The first-order valence-corrected chi connectivity index (χ1v) is 8.67. The quantitative estimate of drug-likeness (QED) is 0.561. The first kappa shape index (κ1) is 16.3. The van der Waals surface area contributed by atoms with Crippen LogP contribution in [0.15, 0.2) is 58.5 Å². The number of nitrogens with one attached hydrogen (secondary N) is 1. The molecule has 0 bridgehead atoms. The van der Waals surface area contributed by atoms with Crippen LogP contribution in [-0.4, -0.2) is 16.2 Å². The van der Waals surface area contributed by atoms with E-state index in [2.05, 4.69) is 9.97 Å². The molecule has 0 aliphatic carbocycles. The molecule has 1 heterocycles. The summed E-state index contributed by atoms with van der Waals surface area (Å²) in [5, 5.41) is 10.4. The van der Waals surface area contributed by atoms with Gasteiger partial charge in [0.25, 0.3) is 5.56 Å². The molecule has 4 nitrogen and oxygen atoms in total. The molecule has 0 radical (unpaired) electrons. The number of hydrogen-bond donors (Lipinski definition) is 1. The number of aromatic nitrogens is 2. The smallest absolute Gasteiger partial charge is 0.270 e. The molecular formula is C18H12ClN3OS. The van der Waals surface area contributed by atoms with E-state index in [1.54, 1.807) is 0 Å². The third-order valence-corrected chi connectivity index (χ3v) is 4.37. The first-order valence-electron chi connectivity index (χ1n) is 7.07. The zero-order valence-corrected chi connectivity index (χ0v) is 14.3. The minimum absolute atomic E-state index is 0.0204. The van der Waals surface area contributed by atoms with Gasteiger partial charge in [-0.1, -0.05) is 59.8 Å². The average molecular weight is 354 g/mol. The SMILES string of the molecule is CSc1nc(-c2ccc(-c3ccc(Cl)cc3)cc2)c(C#N)c(=O)[nH]1. The molecule has 0 spiro atoms. The van der Waals surface area contributed by atoms with Crippen molar-refractivity contribution in [3.63, 3.8) is 0 Å². The molecule has 0 saturated heterocycles. The Hall–Kier alpha value is -2.55. The molecule has 1 aromatic heterocycles. The summed E-state index contributed by atoms with van der Waals surface area (Å²) in [5.74, 6) is 0. The van der Waals surface area contributed by atoms with Crippen LogP contribution in [0.1, 0.15) is 5.56 Å². The zero-order valence-electron chi connectivity index (χ0n) is 12.7. The van der Waals surface area contributed by atoms with Crippen molar-refractivity contribution in [2.24, 2.45) is 0 Å². The van der Waals surface area contributed by atoms with Gasteiger partial charge in [0.05, 0.1) is 5.69 Å². The van der Waals surface area contributed by atoms with Gasteiger partial charge in [0.1, 0.15) is 11.6 Å². The summed E-state index contributed by atoms with van der Waals surface area (Å²) < 4.78 is 0. The van der Waals surface area contributed by atoms with Crippen LogP contribution in [0.2, 0.25) is 5.02 Å². The molecule has 1 N–H and O–H groups in total. The third kappa shape index (κ3) is 3.21. The van der Waals surface area contributed by atoms with Crippen molar-refractivity contribution >= 4 is 23.4 Å². The molecule has 0 aliphatic heterocycles. The lowest BCUT2D eigenvalue weighted by atomic mass is 10.0. The minimum Gasteiger partial charge on any atom is -0.300 e. The summed E-state index contributed by atoms with van der Waals surface area (Å²) in [6.45, 7) is 0. The van der Waals surface area contributed by atoms with E-state index in [0.717, 1.165) is 16.7 Å². The molecule has 6 heteroatoms. The van der Waals surface area contributed by atoms with Crippen molar-refractivity contribution in [3.05, 3.63) is 69.5 Å². The zero-order chi connectivity index (χ0) is 17.1. The fraction of sp³-hybridized carbons (Fsp3) is 0.0556. The summed E-state index contributed by atoms with van der Waals surface area (Å²) in [4.78, 5) is 19.0. The highest BCUT2D eigenvalue weighted by atomic mass is 35.5. The maximum Gasteiger partial charge on any atom is 0.270 e. The van der Waals surface area contributed by atoms with Crippen LogP contribution in [0.5, 0.6) is 0 Å². The third-order valence-electron chi connectivity index (χ3n) is 3.54. The predicted octanol–water partition coefficient (Wildman–Crippen LogP) is 4.35. The lowest BCUT2D eigenvalue weighted by Gasteiger charge is -2.07. The van der Waals surface area contributed by atoms with Gasteiger partial charge < -0.3 is 4.98 Å². The van der Waals surface area contributed by atoms with Crippen molar-refractivity contribution in [2.45, 2.75) is 5.16 Å². The highest BCUT2D eigenvalue weighted by Crippen LogP contribution is 2.26. The molecule has 0 atom stereocenters. The lowest BCUT2D eigenvalue weighted by molar-refractivity contribution is 0.938. The van der Waals surface area contributed by atoms with Gasteiger partial charge in [-0.25, -0.2) is 4.98 Å². The number of halogens is 1. The van der Waals surface area contributed by atoms with Crippen LogP contribution in [0.3, 0.4) is 0 Å². The van der Waals surface area contributed by atoms with Gasteiger partial charge in [-0.2, -0.15) is 5.26 Å². The van der Waals surface area contributed by atoms with Gasteiger partial charge in [-0.3, -0.25) is 4.79 Å². The van der Waals surface area contributed by atoms with Crippen molar-refractivity contribution < 1.29 is 0 Å². The van der Waals surface area contributed by atoms with Crippen LogP contribution < -0.4 is 5.56 Å². The number of rotatable bonds is 3. The van der Waals surface area contributed by atoms with Gasteiger partial charge in [-0.05, 0) is 29.5 Å². The van der Waals surface area contributed by atoms with E-state index < -0.39 is 5.56 Å². The molecule has 0 unspecified atom stereocenters. The number of aromatic amines is 1. The molecule has 0 amide bonds. The van der Waals surface area contributed by atoms with Crippen LogP contribution in [0, 0.1) is 11.3 Å². The number of benzene rings is 2. The summed E-state index contributed by atoms with van der Waals surface area (Å²) in [6.07, 6.45) is 1.82. The predicted molar refractivity (Wildman–Crippen MR) is 97.2 cm³/mol. The van der Waals surface area contributed by atoms with Crippen LogP contribution in [0.25, 0.3) is 22.4 Å². The van der Waals surface area contributed by atoms with Gasteiger partial charge in [0.15, 0.2) is 5.16 Å². The second-order valence-electron chi connectivity index (χ2n) is 4.99. The molecule has 0 saturated carbocycles. The first-order chi connectivity index (χ1) is 11.6. The van der Waals surface area contributed by atoms with E-state index in [-0.39, 0.29) is 5.56 Å². The van der Waals surface area contributed by atoms with E-state index in [0.29, 0.717) is 15.9 Å². The Labute approximate surface area is 148 Å². The van der Waals surface area contributed by atoms with Gasteiger partial charge >= 0.3 is 0 Å². The summed E-state index contributed by atoms with van der Waals surface area (Å²) >= 11 is 7.23. The second-order valence-corrected chi connectivity index (χ2v) is 6.23. The van der Waals surface area contributed by atoms with Gasteiger partial charge in [0, 0.05) is 10.6 Å². The fourth-order valence-electron chi connectivity index (χ4n) is 2.32. The van der Waals surface area contributed by atoms with Crippen molar-refractivity contribution in [2.75, 3.05) is 6.26 Å². The maximum absolute atomic E-state index is 12.0. The summed E-state index contributed by atoms with van der Waals surface area (Å²) in [5.41, 5.74) is 2.78. The normalized spacial score (nSPS) is 10.4. The van der Waals surface area contributed by atoms with Crippen molar-refractivity contribution in [3.8, 4) is 28.5 Å². The Morgan fingerprint density at radius 2 is 1.58 bits per heavy atom.